The van der Waals surface area contributed by atoms with Gasteiger partial charge in [-0.1, -0.05) is 0 Å². The van der Waals surface area contributed by atoms with Crippen LogP contribution in [0.2, 0.25) is 0 Å². The highest BCUT2D eigenvalue weighted by atomic mass is 19.1. The molecule has 22 heavy (non-hydrogen) atoms. The highest BCUT2D eigenvalue weighted by Crippen LogP contribution is 2.22. The van der Waals surface area contributed by atoms with Gasteiger partial charge in [0.2, 0.25) is 11.8 Å². The Morgan fingerprint density at radius 2 is 1.95 bits per heavy atom. The van der Waals surface area contributed by atoms with Gasteiger partial charge < -0.3 is 14.4 Å². The Labute approximate surface area is 127 Å². The molecule has 0 spiro atoms. The average Bonchev–Trinajstić information content (AvgIpc) is 2.57. The Balaban J connectivity index is 1.59. The molecule has 7 heteroatoms. The molecule has 3 heterocycles. The number of hydrogen-bond acceptors (Lipinski definition) is 6. The first-order chi connectivity index (χ1) is 10.8. The molecule has 0 radical (unpaired) electrons. The second kappa shape index (κ2) is 6.55. The number of hydrogen-bond donors (Lipinski definition) is 0. The highest BCUT2D eigenvalue weighted by molar-refractivity contribution is 5.33. The quantitative estimate of drug-likeness (QED) is 0.862. The minimum Gasteiger partial charge on any atom is -0.490 e. The fourth-order valence-electron chi connectivity index (χ4n) is 2.42. The first-order valence-corrected chi connectivity index (χ1v) is 7.14. The van der Waals surface area contributed by atoms with Crippen molar-refractivity contribution in [3.05, 3.63) is 36.5 Å². The number of piperidine rings is 1. The number of halogens is 1. The second-order valence-corrected chi connectivity index (χ2v) is 5.01. The zero-order chi connectivity index (χ0) is 15.4. The molecule has 0 unspecified atom stereocenters. The van der Waals surface area contributed by atoms with Crippen molar-refractivity contribution in [2.75, 3.05) is 25.1 Å². The summed E-state index contributed by atoms with van der Waals surface area (Å²) in [5.41, 5.74) is 0. The summed E-state index contributed by atoms with van der Waals surface area (Å²) >= 11 is 0. The summed E-state index contributed by atoms with van der Waals surface area (Å²) < 4.78 is 24.2. The van der Waals surface area contributed by atoms with Crippen LogP contribution in [-0.4, -0.2) is 41.3 Å². The summed E-state index contributed by atoms with van der Waals surface area (Å²) in [6.45, 7) is 1.51. The van der Waals surface area contributed by atoms with E-state index in [0.29, 0.717) is 5.95 Å². The van der Waals surface area contributed by atoms with Gasteiger partial charge in [-0.05, 0) is 12.1 Å². The zero-order valence-electron chi connectivity index (χ0n) is 12.3. The van der Waals surface area contributed by atoms with E-state index in [-0.39, 0.29) is 12.0 Å². The summed E-state index contributed by atoms with van der Waals surface area (Å²) in [6.07, 6.45) is 6.42. The Morgan fingerprint density at radius 1 is 1.23 bits per heavy atom. The van der Waals surface area contributed by atoms with E-state index in [1.54, 1.807) is 12.4 Å². The Bertz CT molecular complexity index is 618. The van der Waals surface area contributed by atoms with Crippen LogP contribution in [0.5, 0.6) is 11.6 Å². The Morgan fingerprint density at radius 3 is 2.64 bits per heavy atom. The van der Waals surface area contributed by atoms with Crippen molar-refractivity contribution < 1.29 is 13.9 Å². The minimum atomic E-state index is -0.554. The molecule has 0 bridgehead atoms. The zero-order valence-corrected chi connectivity index (χ0v) is 12.3. The van der Waals surface area contributed by atoms with E-state index in [0.717, 1.165) is 37.9 Å². The second-order valence-electron chi connectivity index (χ2n) is 5.01. The first-order valence-electron chi connectivity index (χ1n) is 7.14. The van der Waals surface area contributed by atoms with Gasteiger partial charge in [-0.15, -0.1) is 0 Å². The van der Waals surface area contributed by atoms with Gasteiger partial charge >= 0.3 is 0 Å². The predicted octanol–water partition coefficient (Wildman–Crippen LogP) is 2.07. The van der Waals surface area contributed by atoms with Crippen LogP contribution in [0.25, 0.3) is 0 Å². The third kappa shape index (κ3) is 3.24. The van der Waals surface area contributed by atoms with Gasteiger partial charge in [-0.2, -0.15) is 9.37 Å². The molecular formula is C15H17FN4O2. The largest absolute Gasteiger partial charge is 0.490 e. The van der Waals surface area contributed by atoms with Gasteiger partial charge in [0, 0.05) is 38.3 Å². The number of rotatable bonds is 4. The molecule has 1 aliphatic heterocycles. The summed E-state index contributed by atoms with van der Waals surface area (Å²) in [5.74, 6) is 0.732. The van der Waals surface area contributed by atoms with Crippen molar-refractivity contribution >= 4 is 5.95 Å². The fraction of sp³-hybridized carbons (Fsp3) is 0.400. The lowest BCUT2D eigenvalue weighted by molar-refractivity contribution is 0.170. The van der Waals surface area contributed by atoms with Crippen LogP contribution >= 0.6 is 0 Å². The predicted molar refractivity (Wildman–Crippen MR) is 78.6 cm³/mol. The van der Waals surface area contributed by atoms with Crippen molar-refractivity contribution in [3.63, 3.8) is 0 Å². The lowest BCUT2D eigenvalue weighted by Gasteiger charge is -2.32. The Hall–Kier alpha value is -2.44. The van der Waals surface area contributed by atoms with Crippen LogP contribution in [0.1, 0.15) is 12.8 Å². The molecule has 0 amide bonds. The molecule has 1 saturated heterocycles. The SMILES string of the molecule is COc1nc(N2CCC(Oc3ccncc3)CC2)ncc1F. The van der Waals surface area contributed by atoms with Crippen LogP contribution < -0.4 is 14.4 Å². The lowest BCUT2D eigenvalue weighted by atomic mass is 10.1. The molecule has 0 aliphatic carbocycles. The smallest absolute Gasteiger partial charge is 0.255 e. The molecule has 1 aliphatic rings. The standard InChI is InChI=1S/C15H17FN4O2/c1-21-14-13(16)10-18-15(19-14)20-8-4-12(5-9-20)22-11-2-6-17-7-3-11/h2-3,6-7,10,12H,4-5,8-9H2,1H3. The monoisotopic (exact) mass is 304 g/mol. The third-order valence-corrected chi connectivity index (χ3v) is 3.57. The fourth-order valence-corrected chi connectivity index (χ4v) is 2.42. The van der Waals surface area contributed by atoms with Gasteiger partial charge in [0.05, 0.1) is 13.3 Å². The number of methoxy groups -OCH3 is 1. The third-order valence-electron chi connectivity index (χ3n) is 3.57. The van der Waals surface area contributed by atoms with E-state index in [1.165, 1.54) is 7.11 Å². The van der Waals surface area contributed by atoms with Gasteiger partial charge in [0.15, 0.2) is 0 Å². The Kier molecular flexibility index (Phi) is 4.32. The number of aromatic nitrogens is 3. The topological polar surface area (TPSA) is 60.4 Å². The summed E-state index contributed by atoms with van der Waals surface area (Å²) in [6, 6.07) is 3.70. The van der Waals surface area contributed by atoms with Crippen LogP contribution in [0.15, 0.2) is 30.7 Å². The van der Waals surface area contributed by atoms with Gasteiger partial charge in [0.1, 0.15) is 11.9 Å². The van der Waals surface area contributed by atoms with E-state index in [2.05, 4.69) is 15.0 Å². The molecular weight excluding hydrogens is 287 g/mol. The van der Waals surface area contributed by atoms with Crippen molar-refractivity contribution in [2.24, 2.45) is 0 Å². The maximum Gasteiger partial charge on any atom is 0.255 e. The van der Waals surface area contributed by atoms with Crippen molar-refractivity contribution in [3.8, 4) is 11.6 Å². The lowest BCUT2D eigenvalue weighted by Crippen LogP contribution is -2.39. The minimum absolute atomic E-state index is 0.0276. The number of anilines is 1. The van der Waals surface area contributed by atoms with Crippen LogP contribution in [0.3, 0.4) is 0 Å². The van der Waals surface area contributed by atoms with Gasteiger partial charge in [0.25, 0.3) is 5.88 Å². The van der Waals surface area contributed by atoms with E-state index in [9.17, 15) is 4.39 Å². The number of ether oxygens (including phenoxy) is 2. The summed E-state index contributed by atoms with van der Waals surface area (Å²) in [7, 11) is 1.39. The first kappa shape index (κ1) is 14.5. The van der Waals surface area contributed by atoms with Crippen LogP contribution in [0, 0.1) is 5.82 Å². The van der Waals surface area contributed by atoms with E-state index in [1.807, 2.05) is 17.0 Å². The number of nitrogens with zero attached hydrogens (tertiary/aromatic N) is 4. The van der Waals surface area contributed by atoms with E-state index in [4.69, 9.17) is 9.47 Å². The van der Waals surface area contributed by atoms with Crippen LogP contribution in [0.4, 0.5) is 10.3 Å². The normalized spacial score (nSPS) is 15.6. The van der Waals surface area contributed by atoms with Crippen molar-refractivity contribution in [1.29, 1.82) is 0 Å². The average molecular weight is 304 g/mol. The molecule has 2 aromatic heterocycles. The summed E-state index contributed by atoms with van der Waals surface area (Å²) in [4.78, 5) is 14.1. The molecule has 0 atom stereocenters. The molecule has 1 fully saturated rings. The summed E-state index contributed by atoms with van der Waals surface area (Å²) in [5, 5.41) is 0. The number of pyridine rings is 1. The van der Waals surface area contributed by atoms with E-state index >= 15 is 0 Å². The molecule has 6 nitrogen and oxygen atoms in total. The molecule has 0 aromatic carbocycles. The molecule has 0 N–H and O–H groups in total. The van der Waals surface area contributed by atoms with E-state index < -0.39 is 5.82 Å². The maximum atomic E-state index is 13.3. The van der Waals surface area contributed by atoms with Crippen molar-refractivity contribution in [1.82, 2.24) is 15.0 Å². The molecule has 2 aromatic rings. The maximum absolute atomic E-state index is 13.3. The highest BCUT2D eigenvalue weighted by Gasteiger charge is 2.23. The van der Waals surface area contributed by atoms with Gasteiger partial charge in [-0.25, -0.2) is 4.98 Å². The van der Waals surface area contributed by atoms with Gasteiger partial charge in [-0.3, -0.25) is 4.98 Å². The van der Waals surface area contributed by atoms with Crippen LogP contribution in [-0.2, 0) is 0 Å². The molecule has 3 rings (SSSR count). The van der Waals surface area contributed by atoms with Crippen molar-refractivity contribution in [2.45, 2.75) is 18.9 Å². The molecule has 0 saturated carbocycles. The molecule has 116 valence electrons.